The van der Waals surface area contributed by atoms with E-state index >= 15 is 0 Å². The largest absolute Gasteiger partial charge is 0.411 e. The average Bonchev–Trinajstić information content (AvgIpc) is 2.45. The Morgan fingerprint density at radius 3 is 2.82 bits per heavy atom. The second-order valence-corrected chi connectivity index (χ2v) is 5.75. The molecule has 1 saturated carbocycles. The number of halogens is 3. The Morgan fingerprint density at radius 1 is 1.36 bits per heavy atom. The molecular weight excluding hydrogens is 295 g/mol. The highest BCUT2D eigenvalue weighted by Gasteiger charge is 2.31. The summed E-state index contributed by atoms with van der Waals surface area (Å²) in [5.74, 6) is -0.190. The van der Waals surface area contributed by atoms with Gasteiger partial charge >= 0.3 is 6.18 Å². The molecule has 0 aromatic heterocycles. The van der Waals surface area contributed by atoms with Crippen LogP contribution in [0.4, 0.5) is 13.2 Å². The van der Waals surface area contributed by atoms with E-state index in [1.54, 1.807) is 18.2 Å². The Balaban J connectivity index is 1.86. The van der Waals surface area contributed by atoms with Gasteiger partial charge in [-0.2, -0.15) is 13.2 Å². The molecule has 2 unspecified atom stereocenters. The SMILES string of the molecule is Cc1cccc(C(=O)NC2CCCC(OCC(F)(F)F)C2)c1. The van der Waals surface area contributed by atoms with Crippen molar-refractivity contribution < 1.29 is 22.7 Å². The maximum Gasteiger partial charge on any atom is 0.411 e. The lowest BCUT2D eigenvalue weighted by atomic mass is 9.92. The molecule has 1 amide bonds. The molecule has 0 heterocycles. The monoisotopic (exact) mass is 315 g/mol. The minimum atomic E-state index is -4.31. The minimum absolute atomic E-state index is 0.139. The van der Waals surface area contributed by atoms with Crippen molar-refractivity contribution in [3.05, 3.63) is 35.4 Å². The van der Waals surface area contributed by atoms with Crippen LogP contribution in [-0.4, -0.2) is 30.8 Å². The fraction of sp³-hybridized carbons (Fsp3) is 0.562. The third-order valence-corrected chi connectivity index (χ3v) is 3.72. The number of nitrogens with one attached hydrogen (secondary N) is 1. The molecule has 0 spiro atoms. The van der Waals surface area contributed by atoms with E-state index in [4.69, 9.17) is 4.74 Å². The van der Waals surface area contributed by atoms with Gasteiger partial charge in [0.25, 0.3) is 5.91 Å². The predicted octanol–water partition coefficient (Wildman–Crippen LogP) is 3.61. The number of ether oxygens (including phenoxy) is 1. The van der Waals surface area contributed by atoms with Gasteiger partial charge in [-0.3, -0.25) is 4.79 Å². The van der Waals surface area contributed by atoms with Gasteiger partial charge in [0.2, 0.25) is 0 Å². The zero-order valence-corrected chi connectivity index (χ0v) is 12.5. The molecule has 2 atom stereocenters. The standard InChI is InChI=1S/C16H20F3NO2/c1-11-4-2-5-12(8-11)15(21)20-13-6-3-7-14(9-13)22-10-16(17,18)19/h2,4-5,8,13-14H,3,6-7,9-10H2,1H3,(H,20,21). The zero-order valence-electron chi connectivity index (χ0n) is 12.5. The van der Waals surface area contributed by atoms with E-state index in [2.05, 4.69) is 5.32 Å². The number of rotatable bonds is 4. The molecule has 1 aromatic carbocycles. The van der Waals surface area contributed by atoms with Crippen molar-refractivity contribution in [3.8, 4) is 0 Å². The number of amides is 1. The molecule has 1 N–H and O–H groups in total. The first kappa shape index (κ1) is 16.8. The summed E-state index contributed by atoms with van der Waals surface area (Å²) in [7, 11) is 0. The molecular formula is C16H20F3NO2. The molecule has 3 nitrogen and oxygen atoms in total. The summed E-state index contributed by atoms with van der Waals surface area (Å²) < 4.78 is 41.5. The first-order valence-corrected chi connectivity index (χ1v) is 7.39. The van der Waals surface area contributed by atoms with Crippen molar-refractivity contribution in [2.24, 2.45) is 0 Å². The van der Waals surface area contributed by atoms with Crippen LogP contribution >= 0.6 is 0 Å². The molecule has 0 radical (unpaired) electrons. The molecule has 1 aromatic rings. The van der Waals surface area contributed by atoms with Crippen LogP contribution in [0.5, 0.6) is 0 Å². The molecule has 2 rings (SSSR count). The number of alkyl halides is 3. The van der Waals surface area contributed by atoms with Crippen LogP contribution in [0.15, 0.2) is 24.3 Å². The first-order valence-electron chi connectivity index (χ1n) is 7.39. The molecule has 0 bridgehead atoms. The van der Waals surface area contributed by atoms with E-state index < -0.39 is 18.9 Å². The van der Waals surface area contributed by atoms with Gasteiger partial charge in [0.1, 0.15) is 6.61 Å². The Labute approximate surface area is 127 Å². The highest BCUT2D eigenvalue weighted by atomic mass is 19.4. The van der Waals surface area contributed by atoms with Crippen LogP contribution in [0, 0.1) is 6.92 Å². The van der Waals surface area contributed by atoms with Gasteiger partial charge in [-0.15, -0.1) is 0 Å². The lowest BCUT2D eigenvalue weighted by molar-refractivity contribution is -0.188. The van der Waals surface area contributed by atoms with Crippen LogP contribution < -0.4 is 5.32 Å². The summed E-state index contributed by atoms with van der Waals surface area (Å²) in [5, 5.41) is 2.89. The normalized spacial score (nSPS) is 22.4. The van der Waals surface area contributed by atoms with Crippen molar-refractivity contribution >= 4 is 5.91 Å². The zero-order chi connectivity index (χ0) is 16.2. The second kappa shape index (κ2) is 7.13. The topological polar surface area (TPSA) is 38.3 Å². The van der Waals surface area contributed by atoms with Crippen LogP contribution in [0.3, 0.4) is 0 Å². The van der Waals surface area contributed by atoms with Gasteiger partial charge in [-0.1, -0.05) is 17.7 Å². The Kier molecular flexibility index (Phi) is 5.45. The summed E-state index contributed by atoms with van der Waals surface area (Å²) in [6.45, 7) is 0.675. The Morgan fingerprint density at radius 2 is 2.14 bits per heavy atom. The first-order chi connectivity index (χ1) is 10.3. The number of hydrogen-bond acceptors (Lipinski definition) is 2. The summed E-state index contributed by atoms with van der Waals surface area (Å²) in [5.41, 5.74) is 1.56. The molecule has 1 aliphatic carbocycles. The highest BCUT2D eigenvalue weighted by Crippen LogP contribution is 2.24. The second-order valence-electron chi connectivity index (χ2n) is 5.75. The summed E-state index contributed by atoms with van der Waals surface area (Å²) >= 11 is 0. The molecule has 0 aliphatic heterocycles. The molecule has 22 heavy (non-hydrogen) atoms. The van der Waals surface area contributed by atoms with E-state index in [0.717, 1.165) is 18.4 Å². The Hall–Kier alpha value is -1.56. The maximum atomic E-state index is 12.2. The van der Waals surface area contributed by atoms with Gasteiger partial charge < -0.3 is 10.1 Å². The molecule has 122 valence electrons. The van der Waals surface area contributed by atoms with Crippen LogP contribution in [0.25, 0.3) is 0 Å². The summed E-state index contributed by atoms with van der Waals surface area (Å²) in [6.07, 6.45) is -2.21. The van der Waals surface area contributed by atoms with Crippen molar-refractivity contribution in [1.29, 1.82) is 0 Å². The average molecular weight is 315 g/mol. The molecule has 0 saturated heterocycles. The number of aryl methyl sites for hydroxylation is 1. The molecule has 1 aliphatic rings. The number of hydrogen-bond donors (Lipinski definition) is 1. The van der Waals surface area contributed by atoms with Crippen molar-refractivity contribution in [1.82, 2.24) is 5.32 Å². The molecule has 1 fully saturated rings. The van der Waals surface area contributed by atoms with Crippen molar-refractivity contribution in [3.63, 3.8) is 0 Å². The van der Waals surface area contributed by atoms with E-state index in [-0.39, 0.29) is 11.9 Å². The lowest BCUT2D eigenvalue weighted by Crippen LogP contribution is -2.41. The predicted molar refractivity (Wildman–Crippen MR) is 76.7 cm³/mol. The van der Waals surface area contributed by atoms with Crippen LogP contribution in [-0.2, 0) is 4.74 Å². The number of carbonyl (C=O) groups excluding carboxylic acids is 1. The van der Waals surface area contributed by atoms with Crippen molar-refractivity contribution in [2.45, 2.75) is 50.9 Å². The minimum Gasteiger partial charge on any atom is -0.369 e. The summed E-state index contributed by atoms with van der Waals surface area (Å²) in [4.78, 5) is 12.2. The van der Waals surface area contributed by atoms with Gasteiger partial charge in [-0.25, -0.2) is 0 Å². The van der Waals surface area contributed by atoms with E-state index in [0.29, 0.717) is 18.4 Å². The number of benzene rings is 1. The smallest absolute Gasteiger partial charge is 0.369 e. The maximum absolute atomic E-state index is 12.2. The van der Waals surface area contributed by atoms with Crippen LogP contribution in [0.2, 0.25) is 0 Å². The molecule has 6 heteroatoms. The van der Waals surface area contributed by atoms with E-state index in [1.165, 1.54) is 0 Å². The van der Waals surface area contributed by atoms with Gasteiger partial charge in [0.15, 0.2) is 0 Å². The fourth-order valence-electron chi connectivity index (χ4n) is 2.69. The number of carbonyl (C=O) groups is 1. The third kappa shape index (κ3) is 5.33. The quantitative estimate of drug-likeness (QED) is 0.921. The van der Waals surface area contributed by atoms with Gasteiger partial charge in [0, 0.05) is 11.6 Å². The third-order valence-electron chi connectivity index (χ3n) is 3.72. The van der Waals surface area contributed by atoms with Gasteiger partial charge in [-0.05, 0) is 44.7 Å². The van der Waals surface area contributed by atoms with E-state index in [9.17, 15) is 18.0 Å². The van der Waals surface area contributed by atoms with Gasteiger partial charge in [0.05, 0.1) is 6.10 Å². The lowest BCUT2D eigenvalue weighted by Gasteiger charge is -2.30. The van der Waals surface area contributed by atoms with E-state index in [1.807, 2.05) is 13.0 Å². The van der Waals surface area contributed by atoms with Crippen molar-refractivity contribution in [2.75, 3.05) is 6.61 Å². The highest BCUT2D eigenvalue weighted by molar-refractivity contribution is 5.94. The van der Waals surface area contributed by atoms with Crippen LogP contribution in [0.1, 0.15) is 41.6 Å². The Bertz CT molecular complexity index is 516. The summed E-state index contributed by atoms with van der Waals surface area (Å²) in [6, 6.07) is 7.08. The fourth-order valence-corrected chi connectivity index (χ4v) is 2.69.